The number of nitrogen functional groups attached to an aromatic ring is 1. The summed E-state index contributed by atoms with van der Waals surface area (Å²) in [6.07, 6.45) is 24.4. The third kappa shape index (κ3) is 18.1. The second-order valence-corrected chi connectivity index (χ2v) is 12.1. The normalized spacial score (nSPS) is 13.6. The van der Waals surface area contributed by atoms with Crippen LogP contribution in [0.1, 0.15) is 142 Å². The van der Waals surface area contributed by atoms with E-state index < -0.39 is 15.9 Å². The van der Waals surface area contributed by atoms with Crippen molar-refractivity contribution in [2.75, 3.05) is 5.73 Å². The topological polar surface area (TPSA) is 106 Å². The first kappa shape index (κ1) is 33.1. The average molecular weight is 537 g/mol. The number of hydrogen-bond acceptors (Lipinski definition) is 5. The van der Waals surface area contributed by atoms with Crippen molar-refractivity contribution < 1.29 is 18.0 Å². The molecule has 0 aromatic heterocycles. The van der Waals surface area contributed by atoms with Gasteiger partial charge in [0.1, 0.15) is 5.78 Å². The van der Waals surface area contributed by atoms with E-state index in [4.69, 9.17) is 5.73 Å². The molecule has 7 heteroatoms. The van der Waals surface area contributed by atoms with Gasteiger partial charge in [-0.05, 0) is 43.5 Å². The molecule has 1 aromatic rings. The number of Topliss-reactive ketones (excluding diaryl/α,β-unsaturated/α-hetero) is 1. The molecule has 1 aromatic carbocycles. The van der Waals surface area contributed by atoms with Crippen molar-refractivity contribution in [1.29, 1.82) is 0 Å². The molecule has 1 amide bonds. The molecule has 2 rings (SSSR count). The first-order chi connectivity index (χ1) is 17.8. The molecule has 0 unspecified atom stereocenters. The molecule has 37 heavy (non-hydrogen) atoms. The van der Waals surface area contributed by atoms with Crippen LogP contribution in [0.25, 0.3) is 0 Å². The quantitative estimate of drug-likeness (QED) is 0.147. The van der Waals surface area contributed by atoms with Crippen molar-refractivity contribution in [3.05, 3.63) is 24.3 Å². The smallest absolute Gasteiger partial charge is 0.264 e. The van der Waals surface area contributed by atoms with Crippen molar-refractivity contribution >= 4 is 27.4 Å². The maximum Gasteiger partial charge on any atom is 0.264 e. The van der Waals surface area contributed by atoms with Crippen LogP contribution in [-0.4, -0.2) is 20.1 Å². The number of anilines is 1. The van der Waals surface area contributed by atoms with Crippen LogP contribution in [0.3, 0.4) is 0 Å². The van der Waals surface area contributed by atoms with E-state index in [1.807, 2.05) is 0 Å². The van der Waals surface area contributed by atoms with Crippen LogP contribution in [0.15, 0.2) is 29.2 Å². The lowest BCUT2D eigenvalue weighted by Gasteiger charge is -2.07. The SMILES string of the molecule is CCCCCCCCCCCCCCCCCC(=O)NS(=O)(=O)c1ccc(N)cc1.O=C1CCCCC1. The van der Waals surface area contributed by atoms with Crippen LogP contribution in [-0.2, 0) is 19.6 Å². The first-order valence-corrected chi connectivity index (χ1v) is 16.3. The molecule has 1 saturated carbocycles. The van der Waals surface area contributed by atoms with E-state index in [1.165, 1.54) is 108 Å². The number of nitrogens with one attached hydrogen (secondary N) is 1. The van der Waals surface area contributed by atoms with Gasteiger partial charge in [-0.3, -0.25) is 9.59 Å². The highest BCUT2D eigenvalue weighted by atomic mass is 32.2. The number of sulfonamides is 1. The monoisotopic (exact) mass is 536 g/mol. The summed E-state index contributed by atoms with van der Waals surface area (Å²) in [5.41, 5.74) is 6.04. The number of hydrogen-bond donors (Lipinski definition) is 2. The van der Waals surface area contributed by atoms with Gasteiger partial charge in [-0.2, -0.15) is 0 Å². The molecular weight excluding hydrogens is 484 g/mol. The summed E-state index contributed by atoms with van der Waals surface area (Å²) in [4.78, 5) is 22.4. The van der Waals surface area contributed by atoms with Crippen molar-refractivity contribution in [1.82, 2.24) is 4.72 Å². The number of carbonyl (C=O) groups excluding carboxylic acids is 2. The highest BCUT2D eigenvalue weighted by molar-refractivity contribution is 7.90. The van der Waals surface area contributed by atoms with Crippen molar-refractivity contribution in [3.8, 4) is 0 Å². The van der Waals surface area contributed by atoms with E-state index in [0.29, 0.717) is 11.5 Å². The zero-order valence-electron chi connectivity index (χ0n) is 23.3. The van der Waals surface area contributed by atoms with Gasteiger partial charge < -0.3 is 5.73 Å². The van der Waals surface area contributed by atoms with Crippen LogP contribution < -0.4 is 10.5 Å². The van der Waals surface area contributed by atoms with Crippen LogP contribution in [0.4, 0.5) is 5.69 Å². The lowest BCUT2D eigenvalue weighted by Crippen LogP contribution is -2.30. The lowest BCUT2D eigenvalue weighted by atomic mass is 10.00. The second-order valence-electron chi connectivity index (χ2n) is 10.4. The van der Waals surface area contributed by atoms with Crippen LogP contribution in [0.5, 0.6) is 0 Å². The molecule has 0 heterocycles. The number of nitrogens with two attached hydrogens (primary N) is 1. The van der Waals surface area contributed by atoms with E-state index in [9.17, 15) is 18.0 Å². The fraction of sp³-hybridized carbons (Fsp3) is 0.733. The summed E-state index contributed by atoms with van der Waals surface area (Å²) in [6.45, 7) is 2.26. The molecule has 1 aliphatic rings. The Hall–Kier alpha value is -1.89. The van der Waals surface area contributed by atoms with E-state index in [2.05, 4.69) is 11.6 Å². The summed E-state index contributed by atoms with van der Waals surface area (Å²) in [5.74, 6) is 0.0211. The summed E-state index contributed by atoms with van der Waals surface area (Å²) < 4.78 is 26.4. The van der Waals surface area contributed by atoms with Crippen LogP contribution in [0.2, 0.25) is 0 Å². The van der Waals surface area contributed by atoms with Gasteiger partial charge in [0.25, 0.3) is 10.0 Å². The predicted octanol–water partition coefficient (Wildman–Crippen LogP) is 7.85. The number of amides is 1. The standard InChI is InChI=1S/C24H42N2O3S.C6H10O/c1-2-3-4-5-6-7-8-9-10-11-12-13-14-15-16-17-24(27)26-30(28,29)23-20-18-22(25)19-21-23;7-6-4-2-1-3-5-6/h18-21H,2-17,25H2,1H3,(H,26,27);1-5H2. The Kier molecular flexibility index (Phi) is 18.9. The Bertz CT molecular complexity index is 830. The first-order valence-electron chi connectivity index (χ1n) is 14.8. The van der Waals surface area contributed by atoms with Crippen molar-refractivity contribution in [3.63, 3.8) is 0 Å². The molecule has 6 nitrogen and oxygen atoms in total. The Labute approximate surface area is 226 Å². The highest BCUT2D eigenvalue weighted by Gasteiger charge is 2.16. The molecular formula is C30H52N2O4S. The lowest BCUT2D eigenvalue weighted by molar-refractivity contribution is -0.120. The van der Waals surface area contributed by atoms with Crippen LogP contribution in [0, 0.1) is 0 Å². The second kappa shape index (κ2) is 21.1. The molecule has 1 aliphatic carbocycles. The van der Waals surface area contributed by atoms with Crippen molar-refractivity contribution in [2.24, 2.45) is 0 Å². The minimum atomic E-state index is -3.80. The number of carbonyl (C=O) groups is 2. The largest absolute Gasteiger partial charge is 0.399 e. The van der Waals surface area contributed by atoms with Gasteiger partial charge in [-0.15, -0.1) is 0 Å². The Morgan fingerprint density at radius 1 is 0.730 bits per heavy atom. The minimum absolute atomic E-state index is 0.0570. The molecule has 212 valence electrons. The number of unbranched alkanes of at least 4 members (excludes halogenated alkanes) is 14. The van der Waals surface area contributed by atoms with E-state index in [-0.39, 0.29) is 11.3 Å². The highest BCUT2D eigenvalue weighted by Crippen LogP contribution is 2.15. The maximum absolute atomic E-state index is 12.1. The molecule has 0 spiro atoms. The third-order valence-electron chi connectivity index (χ3n) is 6.86. The van der Waals surface area contributed by atoms with Gasteiger partial charge >= 0.3 is 0 Å². The fourth-order valence-corrected chi connectivity index (χ4v) is 5.52. The molecule has 0 aliphatic heterocycles. The Balaban J connectivity index is 0.000000836. The molecule has 3 N–H and O–H groups in total. The van der Waals surface area contributed by atoms with Crippen molar-refractivity contribution in [2.45, 2.75) is 147 Å². The number of rotatable bonds is 18. The van der Waals surface area contributed by atoms with Crippen LogP contribution >= 0.6 is 0 Å². The van der Waals surface area contributed by atoms with Gasteiger partial charge in [0.2, 0.25) is 5.91 Å². The molecule has 0 radical (unpaired) electrons. The molecule has 0 saturated heterocycles. The van der Waals surface area contributed by atoms with Gasteiger partial charge in [0.05, 0.1) is 4.90 Å². The zero-order valence-corrected chi connectivity index (χ0v) is 24.1. The maximum atomic E-state index is 12.1. The number of benzene rings is 1. The van der Waals surface area contributed by atoms with Gasteiger partial charge in [-0.25, -0.2) is 13.1 Å². The summed E-state index contributed by atoms with van der Waals surface area (Å²) in [5, 5.41) is 0. The predicted molar refractivity (Wildman–Crippen MR) is 154 cm³/mol. The average Bonchev–Trinajstić information content (AvgIpc) is 2.87. The Morgan fingerprint density at radius 3 is 1.57 bits per heavy atom. The minimum Gasteiger partial charge on any atom is -0.399 e. The zero-order chi connectivity index (χ0) is 27.2. The summed E-state index contributed by atoms with van der Waals surface area (Å²) in [7, 11) is -3.80. The fourth-order valence-electron chi connectivity index (χ4n) is 4.51. The molecule has 0 bridgehead atoms. The van der Waals surface area contributed by atoms with Gasteiger partial charge in [0.15, 0.2) is 0 Å². The molecule has 1 fully saturated rings. The van der Waals surface area contributed by atoms with E-state index in [1.54, 1.807) is 0 Å². The third-order valence-corrected chi connectivity index (χ3v) is 8.25. The van der Waals surface area contributed by atoms with E-state index in [0.717, 1.165) is 44.9 Å². The molecule has 0 atom stereocenters. The summed E-state index contributed by atoms with van der Waals surface area (Å²) >= 11 is 0. The Morgan fingerprint density at radius 2 is 1.16 bits per heavy atom. The van der Waals surface area contributed by atoms with Gasteiger partial charge in [0, 0.05) is 24.9 Å². The number of ketones is 1. The van der Waals surface area contributed by atoms with E-state index >= 15 is 0 Å². The van der Waals surface area contributed by atoms with Gasteiger partial charge in [-0.1, -0.05) is 103 Å². The summed E-state index contributed by atoms with van der Waals surface area (Å²) in [6, 6.07) is 5.82.